The van der Waals surface area contributed by atoms with Gasteiger partial charge in [0.1, 0.15) is 28.8 Å². The highest BCUT2D eigenvalue weighted by molar-refractivity contribution is 7.39. The highest BCUT2D eigenvalue weighted by Gasteiger charge is 2.13. The van der Waals surface area contributed by atoms with Crippen molar-refractivity contribution in [1.29, 1.82) is 5.26 Å². The van der Waals surface area contributed by atoms with E-state index in [1.807, 2.05) is 43.8 Å². The molecule has 24 heavy (non-hydrogen) atoms. The van der Waals surface area contributed by atoms with Crippen LogP contribution in [0.3, 0.4) is 0 Å². The summed E-state index contributed by atoms with van der Waals surface area (Å²) in [5.74, 6) is 1.36. The zero-order valence-corrected chi connectivity index (χ0v) is 15.0. The van der Waals surface area contributed by atoms with Gasteiger partial charge in [-0.15, -0.1) is 0 Å². The van der Waals surface area contributed by atoms with Crippen LogP contribution < -0.4 is 9.41 Å². The number of pyridine rings is 1. The molecule has 2 aromatic heterocycles. The highest BCUT2D eigenvalue weighted by Crippen LogP contribution is 2.36. The van der Waals surface area contributed by atoms with Crippen LogP contribution >= 0.6 is 8.73 Å². The highest BCUT2D eigenvalue weighted by atomic mass is 31.1. The van der Waals surface area contributed by atoms with E-state index in [0.717, 1.165) is 28.0 Å². The van der Waals surface area contributed by atoms with Gasteiger partial charge in [-0.1, -0.05) is 0 Å². The molecule has 0 aliphatic rings. The van der Waals surface area contributed by atoms with E-state index < -0.39 is 0 Å². The van der Waals surface area contributed by atoms with Crippen LogP contribution in [-0.2, 0) is 7.05 Å². The van der Waals surface area contributed by atoms with Gasteiger partial charge in [0.15, 0.2) is 0 Å². The van der Waals surface area contributed by atoms with Gasteiger partial charge in [0.2, 0.25) is 0 Å². The van der Waals surface area contributed by atoms with Gasteiger partial charge >= 0.3 is 0 Å². The summed E-state index contributed by atoms with van der Waals surface area (Å²) in [6.45, 7) is 4.03. The minimum atomic E-state index is 0.384. The number of fused-ring (bicyclic) bond motifs is 1. The molecule has 1 aromatic carbocycles. The second kappa shape index (κ2) is 6.46. The molecule has 122 valence electrons. The molecule has 0 amide bonds. The van der Waals surface area contributed by atoms with Crippen molar-refractivity contribution >= 4 is 25.5 Å². The van der Waals surface area contributed by atoms with Crippen LogP contribution in [0.2, 0.25) is 0 Å². The number of rotatable bonds is 4. The van der Waals surface area contributed by atoms with Crippen molar-refractivity contribution in [1.82, 2.24) is 14.5 Å². The van der Waals surface area contributed by atoms with E-state index in [1.165, 1.54) is 0 Å². The van der Waals surface area contributed by atoms with Gasteiger partial charge in [-0.2, -0.15) is 5.26 Å². The Morgan fingerprint density at radius 3 is 2.75 bits per heavy atom. The molecule has 0 saturated heterocycles. The number of benzene rings is 1. The Balaban J connectivity index is 2.07. The summed E-state index contributed by atoms with van der Waals surface area (Å²) in [6, 6.07) is 7.71. The van der Waals surface area contributed by atoms with E-state index in [-0.39, 0.29) is 0 Å². The Morgan fingerprint density at radius 1 is 1.29 bits per heavy atom. The van der Waals surface area contributed by atoms with Crippen molar-refractivity contribution in [3.63, 3.8) is 0 Å². The van der Waals surface area contributed by atoms with Crippen LogP contribution in [0.25, 0.3) is 11.0 Å². The molecule has 3 aromatic rings. The van der Waals surface area contributed by atoms with E-state index in [2.05, 4.69) is 21.3 Å². The van der Waals surface area contributed by atoms with Crippen LogP contribution in [0.5, 0.6) is 11.5 Å². The summed E-state index contributed by atoms with van der Waals surface area (Å²) in [7, 11) is 4.63. The van der Waals surface area contributed by atoms with Crippen LogP contribution in [0.1, 0.15) is 11.3 Å². The maximum Gasteiger partial charge on any atom is 0.148 e. The van der Waals surface area contributed by atoms with Gasteiger partial charge in [0, 0.05) is 26.2 Å². The summed E-state index contributed by atoms with van der Waals surface area (Å²) in [4.78, 5) is 8.58. The molecule has 0 N–H and O–H groups in total. The molecular weight excluding hydrogens is 321 g/mol. The van der Waals surface area contributed by atoms with Crippen molar-refractivity contribution in [2.24, 2.45) is 7.05 Å². The number of ether oxygens (including phenoxy) is 1. The molecule has 0 aliphatic carbocycles. The molecule has 0 bridgehead atoms. The third kappa shape index (κ3) is 2.91. The number of aryl methyl sites for hydroxylation is 2. The monoisotopic (exact) mass is 339 g/mol. The van der Waals surface area contributed by atoms with Gasteiger partial charge in [0.05, 0.1) is 23.7 Å². The van der Waals surface area contributed by atoms with Crippen molar-refractivity contribution in [3.05, 3.63) is 42.0 Å². The molecule has 0 radical (unpaired) electrons. The number of nitriles is 1. The van der Waals surface area contributed by atoms with Gasteiger partial charge < -0.3 is 14.0 Å². The molecular formula is C17H18N5OP. The Kier molecular flexibility index (Phi) is 4.37. The summed E-state index contributed by atoms with van der Waals surface area (Å²) >= 11 is 0. The fraction of sp³-hybridized carbons (Fsp3) is 0.235. The Morgan fingerprint density at radius 2 is 2.08 bits per heavy atom. The summed E-state index contributed by atoms with van der Waals surface area (Å²) in [5.41, 5.74) is 4.25. The second-order valence-corrected chi connectivity index (χ2v) is 6.62. The van der Waals surface area contributed by atoms with Gasteiger partial charge in [-0.3, -0.25) is 0 Å². The van der Waals surface area contributed by atoms with E-state index in [0.29, 0.717) is 20.2 Å². The lowest BCUT2D eigenvalue weighted by atomic mass is 10.2. The average Bonchev–Trinajstić information content (AvgIpc) is 2.96. The number of anilines is 1. The molecule has 0 fully saturated rings. The minimum absolute atomic E-state index is 0.384. The minimum Gasteiger partial charge on any atom is -0.455 e. The predicted molar refractivity (Wildman–Crippen MR) is 97.1 cm³/mol. The molecule has 1 unspecified atom stereocenters. The quantitative estimate of drug-likeness (QED) is 0.680. The SMILES string of the molecule is CPN(C)c1cc(Oc2cnc(C#N)cc2C)cc2c1ncn2C. The number of nitrogens with zero attached hydrogens (tertiary/aromatic N) is 5. The van der Waals surface area contributed by atoms with Crippen LogP contribution in [0, 0.1) is 18.3 Å². The molecule has 7 heteroatoms. The molecule has 6 nitrogen and oxygen atoms in total. The summed E-state index contributed by atoms with van der Waals surface area (Å²) in [5, 5.41) is 8.92. The largest absolute Gasteiger partial charge is 0.455 e. The van der Waals surface area contributed by atoms with Crippen LogP contribution in [0.4, 0.5) is 5.69 Å². The number of imidazole rings is 1. The van der Waals surface area contributed by atoms with E-state index in [9.17, 15) is 0 Å². The van der Waals surface area contributed by atoms with E-state index >= 15 is 0 Å². The van der Waals surface area contributed by atoms with E-state index in [1.54, 1.807) is 18.6 Å². The molecule has 2 heterocycles. The third-order valence-corrected chi connectivity index (χ3v) is 4.80. The normalized spacial score (nSPS) is 11.1. The Labute approximate surface area is 142 Å². The second-order valence-electron chi connectivity index (χ2n) is 5.50. The third-order valence-electron chi connectivity index (χ3n) is 3.89. The standard InChI is InChI=1S/C17H18N5OP/c1-11-5-12(8-18)19-9-16(11)23-13-6-14-17(20-10-21(14)2)15(7-13)22(3)24-4/h5-7,9-10,24H,1-4H3. The van der Waals surface area contributed by atoms with Crippen molar-refractivity contribution in [2.75, 3.05) is 18.4 Å². The topological polar surface area (TPSA) is 67.0 Å². The molecule has 0 spiro atoms. The van der Waals surface area contributed by atoms with Gasteiger partial charge in [0.25, 0.3) is 0 Å². The zero-order chi connectivity index (χ0) is 17.3. The number of aromatic nitrogens is 3. The van der Waals surface area contributed by atoms with Crippen LogP contribution in [-0.4, -0.2) is 28.2 Å². The van der Waals surface area contributed by atoms with Crippen molar-refractivity contribution < 1.29 is 4.74 Å². The maximum absolute atomic E-state index is 8.92. The molecule has 3 rings (SSSR count). The Bertz CT molecular complexity index is 944. The summed E-state index contributed by atoms with van der Waals surface area (Å²) < 4.78 is 10.2. The van der Waals surface area contributed by atoms with Gasteiger partial charge in [-0.05, 0) is 33.9 Å². The van der Waals surface area contributed by atoms with E-state index in [4.69, 9.17) is 10.00 Å². The average molecular weight is 339 g/mol. The summed E-state index contributed by atoms with van der Waals surface area (Å²) in [6.07, 6.45) is 3.39. The van der Waals surface area contributed by atoms with Gasteiger partial charge in [-0.25, -0.2) is 9.97 Å². The lowest BCUT2D eigenvalue weighted by Crippen LogP contribution is -2.04. The Hall–Kier alpha value is -2.64. The number of hydrogen-bond acceptors (Lipinski definition) is 5. The van der Waals surface area contributed by atoms with Crippen molar-refractivity contribution in [2.45, 2.75) is 6.92 Å². The molecule has 0 saturated carbocycles. The first-order valence-corrected chi connectivity index (χ1v) is 8.89. The lowest BCUT2D eigenvalue weighted by Gasteiger charge is -2.18. The smallest absolute Gasteiger partial charge is 0.148 e. The lowest BCUT2D eigenvalue weighted by molar-refractivity contribution is 0.477. The number of hydrogen-bond donors (Lipinski definition) is 0. The first-order chi connectivity index (χ1) is 11.5. The van der Waals surface area contributed by atoms with Crippen LogP contribution in [0.15, 0.2) is 30.7 Å². The fourth-order valence-corrected chi connectivity index (χ4v) is 2.87. The first kappa shape index (κ1) is 16.2. The zero-order valence-electron chi connectivity index (χ0n) is 14.0. The maximum atomic E-state index is 8.92. The fourth-order valence-electron chi connectivity index (χ4n) is 2.46. The molecule has 0 aliphatic heterocycles. The molecule has 1 atom stereocenters. The first-order valence-electron chi connectivity index (χ1n) is 7.44. The predicted octanol–water partition coefficient (Wildman–Crippen LogP) is 3.60. The van der Waals surface area contributed by atoms with Crippen molar-refractivity contribution in [3.8, 4) is 17.6 Å².